The van der Waals surface area contributed by atoms with E-state index < -0.39 is 38.4 Å². The van der Waals surface area contributed by atoms with Gasteiger partial charge in [0.05, 0.1) is 21.7 Å². The van der Waals surface area contributed by atoms with Gasteiger partial charge < -0.3 is 25.3 Å². The van der Waals surface area contributed by atoms with Gasteiger partial charge in [-0.3, -0.25) is 14.7 Å². The Morgan fingerprint density at radius 3 is 2.47 bits per heavy atom. The number of hydrogen-bond acceptors (Lipinski definition) is 7. The first-order chi connectivity index (χ1) is 21.6. The third-order valence-electron chi connectivity index (χ3n) is 7.92. The second kappa shape index (κ2) is 12.4. The average molecular weight is 640 g/mol. The van der Waals surface area contributed by atoms with E-state index in [1.54, 1.807) is 30.5 Å². The van der Waals surface area contributed by atoms with Crippen molar-refractivity contribution in [3.63, 3.8) is 0 Å². The normalized spacial score (nSPS) is 16.2. The number of H-pyrrole nitrogens is 2. The Bertz CT molecular complexity index is 1820. The van der Waals surface area contributed by atoms with E-state index in [-0.39, 0.29) is 42.7 Å². The number of fused-ring (bicyclic) bond motifs is 1. The molecule has 0 spiro atoms. The summed E-state index contributed by atoms with van der Waals surface area (Å²) in [4.78, 5) is 31.1. The van der Waals surface area contributed by atoms with E-state index in [0.717, 1.165) is 42.4 Å². The zero-order chi connectivity index (χ0) is 31.7. The molecule has 12 nitrogen and oxygen atoms in total. The lowest BCUT2D eigenvalue weighted by Crippen LogP contribution is -2.36. The van der Waals surface area contributed by atoms with Crippen LogP contribution in [0.1, 0.15) is 44.8 Å². The zero-order valence-corrected chi connectivity index (χ0v) is 25.1. The maximum atomic E-state index is 13.8. The van der Waals surface area contributed by atoms with Crippen molar-refractivity contribution < 1.29 is 31.5 Å². The predicted octanol–water partition coefficient (Wildman–Crippen LogP) is 3.74. The van der Waals surface area contributed by atoms with Crippen molar-refractivity contribution >= 4 is 33.3 Å². The third-order valence-corrected chi connectivity index (χ3v) is 9.74. The van der Waals surface area contributed by atoms with E-state index in [1.165, 1.54) is 6.20 Å². The summed E-state index contributed by atoms with van der Waals surface area (Å²) in [6, 6.07) is 8.52. The number of sulfonamides is 1. The Balaban J connectivity index is 1.24. The summed E-state index contributed by atoms with van der Waals surface area (Å²) in [5.41, 5.74) is 1.73. The van der Waals surface area contributed by atoms with Crippen LogP contribution in [-0.4, -0.2) is 77.4 Å². The van der Waals surface area contributed by atoms with Gasteiger partial charge in [-0.25, -0.2) is 17.2 Å². The minimum Gasteiger partial charge on any atom is -0.490 e. The zero-order valence-electron chi connectivity index (χ0n) is 24.3. The number of carbonyl (C=O) groups is 2. The number of ether oxygens (including phenoxy) is 1. The molecule has 0 unspecified atom stereocenters. The summed E-state index contributed by atoms with van der Waals surface area (Å²) in [5, 5.41) is 12.5. The fourth-order valence-electron chi connectivity index (χ4n) is 5.43. The number of anilines is 2. The average Bonchev–Trinajstić information content (AvgIpc) is 3.69. The fourth-order valence-corrected chi connectivity index (χ4v) is 6.89. The molecule has 2 aromatic heterocycles. The monoisotopic (exact) mass is 639 g/mol. The number of nitrogens with zero attached hydrogens (tertiary/aromatic N) is 3. The Hall–Kier alpha value is -4.60. The Labute approximate surface area is 257 Å². The highest BCUT2D eigenvalue weighted by Gasteiger charge is 2.32. The van der Waals surface area contributed by atoms with Crippen LogP contribution >= 0.6 is 0 Å². The molecule has 236 valence electrons. The van der Waals surface area contributed by atoms with Crippen LogP contribution in [0, 0.1) is 11.6 Å². The Morgan fingerprint density at radius 1 is 1.00 bits per heavy atom. The number of hydrogen-bond donors (Lipinski definition) is 4. The van der Waals surface area contributed by atoms with Crippen LogP contribution in [0.4, 0.5) is 20.3 Å². The summed E-state index contributed by atoms with van der Waals surface area (Å²) >= 11 is 0. The fraction of sp³-hybridized carbons (Fsp3) is 0.300. The first kappa shape index (κ1) is 30.4. The summed E-state index contributed by atoms with van der Waals surface area (Å²) < 4.78 is 61.3. The first-order valence-corrected chi connectivity index (χ1v) is 15.8. The van der Waals surface area contributed by atoms with Crippen LogP contribution in [0.3, 0.4) is 0 Å². The molecule has 0 atom stereocenters. The molecular formula is C30H31F2N7O5S. The molecule has 45 heavy (non-hydrogen) atoms. The lowest BCUT2D eigenvalue weighted by molar-refractivity contribution is 0.102. The molecule has 4 aromatic rings. The van der Waals surface area contributed by atoms with Gasteiger partial charge in [0.25, 0.3) is 11.8 Å². The maximum absolute atomic E-state index is 13.8. The highest BCUT2D eigenvalue weighted by molar-refractivity contribution is 7.89. The van der Waals surface area contributed by atoms with Gasteiger partial charge >= 0.3 is 0 Å². The number of aromatic amines is 2. The van der Waals surface area contributed by atoms with Gasteiger partial charge in [0, 0.05) is 68.4 Å². The largest absolute Gasteiger partial charge is 0.490 e. The number of benzene rings is 2. The second-order valence-electron chi connectivity index (χ2n) is 11.1. The minimum atomic E-state index is -4.25. The molecule has 0 saturated carbocycles. The molecule has 0 aliphatic carbocycles. The van der Waals surface area contributed by atoms with E-state index in [0.29, 0.717) is 28.6 Å². The molecule has 0 radical (unpaired) electrons. The van der Waals surface area contributed by atoms with Crippen molar-refractivity contribution in [1.82, 2.24) is 24.4 Å². The molecule has 0 bridgehead atoms. The maximum Gasteiger partial charge on any atom is 0.258 e. The van der Waals surface area contributed by atoms with Crippen LogP contribution < -0.4 is 15.4 Å². The molecule has 15 heteroatoms. The number of aromatic nitrogens is 3. The van der Waals surface area contributed by atoms with Crippen LogP contribution in [0.2, 0.25) is 0 Å². The smallest absolute Gasteiger partial charge is 0.258 e. The van der Waals surface area contributed by atoms with Gasteiger partial charge in [0.2, 0.25) is 10.0 Å². The van der Waals surface area contributed by atoms with Crippen LogP contribution in [0.25, 0.3) is 0 Å². The van der Waals surface area contributed by atoms with Gasteiger partial charge in [-0.2, -0.15) is 9.40 Å². The quantitative estimate of drug-likeness (QED) is 0.229. The van der Waals surface area contributed by atoms with Crippen LogP contribution in [-0.2, 0) is 23.0 Å². The lowest BCUT2D eigenvalue weighted by atomic mass is 10.1. The molecule has 6 rings (SSSR count). The molecule has 4 heterocycles. The van der Waals surface area contributed by atoms with Crippen LogP contribution in [0.5, 0.6) is 5.75 Å². The molecular weight excluding hydrogens is 608 g/mol. The molecule has 4 N–H and O–H groups in total. The summed E-state index contributed by atoms with van der Waals surface area (Å²) in [6.07, 6.45) is 5.05. The predicted molar refractivity (Wildman–Crippen MR) is 161 cm³/mol. The molecule has 2 aromatic carbocycles. The van der Waals surface area contributed by atoms with Crippen molar-refractivity contribution in [2.45, 2.75) is 36.8 Å². The van der Waals surface area contributed by atoms with Gasteiger partial charge in [-0.15, -0.1) is 0 Å². The number of amides is 2. The van der Waals surface area contributed by atoms with Gasteiger partial charge in [-0.1, -0.05) is 0 Å². The molecule has 2 aliphatic heterocycles. The van der Waals surface area contributed by atoms with Crippen molar-refractivity contribution in [2.75, 3.05) is 37.3 Å². The number of nitrogens with one attached hydrogen (secondary N) is 4. The van der Waals surface area contributed by atoms with E-state index in [2.05, 4.69) is 37.8 Å². The number of halogens is 2. The summed E-state index contributed by atoms with van der Waals surface area (Å²) in [5.74, 6) is -2.47. The van der Waals surface area contributed by atoms with Crippen molar-refractivity contribution in [1.29, 1.82) is 0 Å². The molecule has 1 saturated heterocycles. The second-order valence-corrected chi connectivity index (χ2v) is 13.0. The van der Waals surface area contributed by atoms with Gasteiger partial charge in [-0.05, 0) is 50.2 Å². The molecule has 1 fully saturated rings. The standard InChI is InChI=1S/C30H31F2N7O5S/c1-38-9-5-21(6-10-38)44-22-2-3-24(27(15-22)34-29(40)18-4-8-33-16-18)30(41)35-28-25-17-39(11-7-26(25)36-37-28)45(42,43)23-13-19(31)12-20(32)14-23/h2-4,8,12-16,21,33H,5-7,9-11,17H2,1H3,(H,34,40)(H2,35,36,37,41). The van der Waals surface area contributed by atoms with E-state index in [1.807, 2.05) is 0 Å². The first-order valence-electron chi connectivity index (χ1n) is 14.3. The van der Waals surface area contributed by atoms with Crippen LogP contribution in [0.15, 0.2) is 59.8 Å². The van der Waals surface area contributed by atoms with E-state index in [4.69, 9.17) is 4.74 Å². The highest BCUT2D eigenvalue weighted by atomic mass is 32.2. The number of piperidine rings is 1. The van der Waals surface area contributed by atoms with Crippen molar-refractivity contribution in [2.24, 2.45) is 0 Å². The SMILES string of the molecule is CN1CCC(Oc2ccc(C(=O)Nc3n[nH]c4c3CN(S(=O)(=O)c3cc(F)cc(F)c3)CC4)c(NC(=O)c3cc[nH]c3)c2)CC1. The number of rotatable bonds is 8. The minimum absolute atomic E-state index is 0.00669. The summed E-state index contributed by atoms with van der Waals surface area (Å²) in [7, 11) is -2.20. The summed E-state index contributed by atoms with van der Waals surface area (Å²) in [6.45, 7) is 1.64. The van der Waals surface area contributed by atoms with Crippen molar-refractivity contribution in [3.05, 3.63) is 88.9 Å². The number of likely N-dealkylation sites (tertiary alicyclic amines) is 1. The van der Waals surface area contributed by atoms with E-state index >= 15 is 0 Å². The highest BCUT2D eigenvalue weighted by Crippen LogP contribution is 2.31. The Kier molecular flexibility index (Phi) is 8.40. The third kappa shape index (κ3) is 6.60. The topological polar surface area (TPSA) is 153 Å². The number of carbonyl (C=O) groups excluding carboxylic acids is 2. The van der Waals surface area contributed by atoms with Gasteiger partial charge in [0.1, 0.15) is 23.5 Å². The van der Waals surface area contributed by atoms with E-state index in [9.17, 15) is 26.8 Å². The van der Waals surface area contributed by atoms with Gasteiger partial charge in [0.15, 0.2) is 5.82 Å². The Morgan fingerprint density at radius 2 is 1.76 bits per heavy atom. The van der Waals surface area contributed by atoms with Crippen molar-refractivity contribution in [3.8, 4) is 5.75 Å². The molecule has 2 aliphatic rings. The molecule has 2 amide bonds. The lowest BCUT2D eigenvalue weighted by Gasteiger charge is -2.29.